The van der Waals surface area contributed by atoms with Crippen molar-refractivity contribution in [1.82, 2.24) is 9.62 Å². The molecule has 114 valence electrons. The Bertz CT molecular complexity index is 547. The predicted octanol–water partition coefficient (Wildman–Crippen LogP) is 2.28. The molecule has 1 heterocycles. The van der Waals surface area contributed by atoms with Crippen LogP contribution in [-0.2, 0) is 16.6 Å². The molecule has 0 amide bonds. The summed E-state index contributed by atoms with van der Waals surface area (Å²) in [5.74, 6) is 1.05. The number of sulfonamides is 1. The van der Waals surface area contributed by atoms with Crippen LogP contribution in [0.4, 0.5) is 0 Å². The molecule has 0 aliphatic rings. The van der Waals surface area contributed by atoms with Crippen molar-refractivity contribution in [2.45, 2.75) is 45.2 Å². The summed E-state index contributed by atoms with van der Waals surface area (Å²) in [5.41, 5.74) is 0. The van der Waals surface area contributed by atoms with Crippen molar-refractivity contribution in [2.75, 3.05) is 13.1 Å². The summed E-state index contributed by atoms with van der Waals surface area (Å²) in [4.78, 5) is 0.238. The summed E-state index contributed by atoms with van der Waals surface area (Å²) in [5, 5.41) is 3.20. The molecular weight excluding hydrogens is 276 g/mol. The first-order chi connectivity index (χ1) is 9.32. The zero-order valence-corrected chi connectivity index (χ0v) is 13.5. The third-order valence-corrected chi connectivity index (χ3v) is 4.96. The van der Waals surface area contributed by atoms with Crippen LogP contribution in [0.1, 0.15) is 32.3 Å². The van der Waals surface area contributed by atoms with E-state index < -0.39 is 10.0 Å². The van der Waals surface area contributed by atoms with Crippen molar-refractivity contribution in [3.63, 3.8) is 0 Å². The molecule has 1 aromatic heterocycles. The van der Waals surface area contributed by atoms with Crippen molar-refractivity contribution < 1.29 is 12.8 Å². The quantitative estimate of drug-likeness (QED) is 0.748. The molecule has 6 heteroatoms. The van der Waals surface area contributed by atoms with E-state index in [4.69, 9.17) is 4.42 Å². The van der Waals surface area contributed by atoms with Crippen molar-refractivity contribution in [1.29, 1.82) is 0 Å². The lowest BCUT2D eigenvalue weighted by Crippen LogP contribution is -2.31. The Balaban J connectivity index is 3.03. The molecule has 1 N–H and O–H groups in total. The molecule has 0 radical (unpaired) electrons. The highest BCUT2D eigenvalue weighted by molar-refractivity contribution is 7.89. The standard InChI is InChI=1S/C14H24N2O3S/c1-6-8-16(7-2)20(17,18)14-9-13(19-12(14)5)10-15-11(3)4/h6,9,11,15H,1,7-8,10H2,2-5H3. The lowest BCUT2D eigenvalue weighted by Gasteiger charge is -2.17. The Kier molecular flexibility index (Phi) is 5.98. The summed E-state index contributed by atoms with van der Waals surface area (Å²) < 4.78 is 31.9. The molecule has 0 fully saturated rings. The van der Waals surface area contributed by atoms with Crippen LogP contribution < -0.4 is 5.32 Å². The lowest BCUT2D eigenvalue weighted by atomic mass is 10.3. The van der Waals surface area contributed by atoms with Crippen LogP contribution in [0, 0.1) is 6.92 Å². The molecule has 0 unspecified atom stereocenters. The third kappa shape index (κ3) is 3.94. The van der Waals surface area contributed by atoms with Crippen LogP contribution in [-0.4, -0.2) is 31.9 Å². The van der Waals surface area contributed by atoms with Gasteiger partial charge in [0.25, 0.3) is 0 Å². The van der Waals surface area contributed by atoms with E-state index in [1.165, 1.54) is 4.31 Å². The maximum atomic E-state index is 12.5. The first-order valence-corrected chi connectivity index (χ1v) is 8.20. The number of nitrogens with zero attached hydrogens (tertiary/aromatic N) is 1. The lowest BCUT2D eigenvalue weighted by molar-refractivity contribution is 0.438. The van der Waals surface area contributed by atoms with Crippen LogP contribution in [0.15, 0.2) is 28.0 Å². The van der Waals surface area contributed by atoms with E-state index in [0.717, 1.165) is 0 Å². The van der Waals surface area contributed by atoms with Gasteiger partial charge in [-0.1, -0.05) is 26.8 Å². The predicted molar refractivity (Wildman–Crippen MR) is 80.1 cm³/mol. The third-order valence-electron chi connectivity index (χ3n) is 2.91. The molecule has 5 nitrogen and oxygen atoms in total. The summed E-state index contributed by atoms with van der Waals surface area (Å²) >= 11 is 0. The van der Waals surface area contributed by atoms with Crippen LogP contribution in [0.25, 0.3) is 0 Å². The molecule has 0 atom stereocenters. The summed E-state index contributed by atoms with van der Waals surface area (Å²) in [6, 6.07) is 1.92. The molecule has 0 saturated carbocycles. The topological polar surface area (TPSA) is 62.6 Å². The fourth-order valence-corrected chi connectivity index (χ4v) is 3.46. The second-order valence-corrected chi connectivity index (χ2v) is 6.82. The highest BCUT2D eigenvalue weighted by Gasteiger charge is 2.26. The first-order valence-electron chi connectivity index (χ1n) is 6.76. The number of furan rings is 1. The molecule has 0 aliphatic carbocycles. The second-order valence-electron chi connectivity index (χ2n) is 4.91. The Morgan fingerprint density at radius 2 is 2.15 bits per heavy atom. The minimum absolute atomic E-state index is 0.238. The monoisotopic (exact) mass is 300 g/mol. The van der Waals surface area contributed by atoms with Gasteiger partial charge in [0.05, 0.1) is 6.54 Å². The van der Waals surface area contributed by atoms with E-state index in [1.54, 1.807) is 26.0 Å². The average Bonchev–Trinajstić information content (AvgIpc) is 2.75. The smallest absolute Gasteiger partial charge is 0.246 e. The Labute approximate surface area is 121 Å². The number of hydrogen-bond donors (Lipinski definition) is 1. The number of nitrogens with one attached hydrogen (secondary N) is 1. The van der Waals surface area contributed by atoms with Gasteiger partial charge in [0, 0.05) is 25.2 Å². The summed E-state index contributed by atoms with van der Waals surface area (Å²) in [6.45, 7) is 12.3. The van der Waals surface area contributed by atoms with Gasteiger partial charge in [-0.2, -0.15) is 4.31 Å². The Morgan fingerprint density at radius 3 is 2.65 bits per heavy atom. The maximum absolute atomic E-state index is 12.5. The fourth-order valence-electron chi connectivity index (χ4n) is 1.85. The first kappa shape index (κ1) is 16.9. The van der Waals surface area contributed by atoms with Gasteiger partial charge in [-0.3, -0.25) is 0 Å². The van der Waals surface area contributed by atoms with E-state index in [9.17, 15) is 8.42 Å². The fraction of sp³-hybridized carbons (Fsp3) is 0.571. The van der Waals surface area contributed by atoms with Crippen molar-refractivity contribution in [3.8, 4) is 0 Å². The largest absolute Gasteiger partial charge is 0.464 e. The van der Waals surface area contributed by atoms with Crippen LogP contribution in [0.2, 0.25) is 0 Å². The van der Waals surface area contributed by atoms with Crippen LogP contribution in [0.3, 0.4) is 0 Å². The van der Waals surface area contributed by atoms with Gasteiger partial charge in [0.2, 0.25) is 10.0 Å². The van der Waals surface area contributed by atoms with Gasteiger partial charge >= 0.3 is 0 Å². The number of rotatable bonds is 8. The van der Waals surface area contributed by atoms with Gasteiger partial charge < -0.3 is 9.73 Å². The molecule has 0 aromatic carbocycles. The van der Waals surface area contributed by atoms with Crippen molar-refractivity contribution in [2.24, 2.45) is 0 Å². The van der Waals surface area contributed by atoms with E-state index in [1.807, 2.05) is 13.8 Å². The summed E-state index contributed by atoms with van der Waals surface area (Å²) in [7, 11) is -3.52. The molecule has 0 saturated heterocycles. The SMILES string of the molecule is C=CCN(CC)S(=O)(=O)c1cc(CNC(C)C)oc1C. The molecular formula is C14H24N2O3S. The summed E-state index contributed by atoms with van der Waals surface area (Å²) in [6.07, 6.45) is 1.58. The normalized spacial score (nSPS) is 12.3. The molecule has 1 aromatic rings. The second kappa shape index (κ2) is 7.06. The number of aryl methyl sites for hydroxylation is 1. The zero-order valence-electron chi connectivity index (χ0n) is 12.6. The Morgan fingerprint density at radius 1 is 1.50 bits per heavy atom. The highest BCUT2D eigenvalue weighted by atomic mass is 32.2. The van der Waals surface area contributed by atoms with Gasteiger partial charge in [0.15, 0.2) is 0 Å². The van der Waals surface area contributed by atoms with Crippen molar-refractivity contribution in [3.05, 3.63) is 30.2 Å². The van der Waals surface area contributed by atoms with Crippen LogP contribution >= 0.6 is 0 Å². The Hall–Kier alpha value is -1.11. The maximum Gasteiger partial charge on any atom is 0.246 e. The van der Waals surface area contributed by atoms with Gasteiger partial charge in [0.1, 0.15) is 16.4 Å². The minimum Gasteiger partial charge on any atom is -0.464 e. The molecule has 1 rings (SSSR count). The molecule has 20 heavy (non-hydrogen) atoms. The molecule has 0 aliphatic heterocycles. The van der Waals surface area contributed by atoms with Crippen molar-refractivity contribution >= 4 is 10.0 Å². The number of hydrogen-bond acceptors (Lipinski definition) is 4. The van der Waals surface area contributed by atoms with Gasteiger partial charge in [-0.15, -0.1) is 6.58 Å². The van der Waals surface area contributed by atoms with E-state index >= 15 is 0 Å². The molecule has 0 bridgehead atoms. The highest BCUT2D eigenvalue weighted by Crippen LogP contribution is 2.23. The van der Waals surface area contributed by atoms with E-state index in [0.29, 0.717) is 37.2 Å². The number of likely N-dealkylation sites (N-methyl/N-ethyl adjacent to an activating group) is 1. The van der Waals surface area contributed by atoms with E-state index in [2.05, 4.69) is 11.9 Å². The van der Waals surface area contributed by atoms with Gasteiger partial charge in [-0.25, -0.2) is 8.42 Å². The van der Waals surface area contributed by atoms with Crippen LogP contribution in [0.5, 0.6) is 0 Å². The zero-order chi connectivity index (χ0) is 15.3. The minimum atomic E-state index is -3.52. The van der Waals surface area contributed by atoms with E-state index in [-0.39, 0.29) is 4.90 Å². The molecule has 0 spiro atoms. The van der Waals surface area contributed by atoms with Gasteiger partial charge in [-0.05, 0) is 6.92 Å². The average molecular weight is 300 g/mol.